The van der Waals surface area contributed by atoms with E-state index in [0.29, 0.717) is 0 Å². The van der Waals surface area contributed by atoms with Gasteiger partial charge >= 0.3 is 0 Å². The van der Waals surface area contributed by atoms with Crippen molar-refractivity contribution in [2.45, 2.75) is 128 Å². The molecule has 0 bridgehead atoms. The summed E-state index contributed by atoms with van der Waals surface area (Å²) in [5.74, 6) is 0. The molecule has 0 spiro atoms. The van der Waals surface area contributed by atoms with Gasteiger partial charge in [-0.1, -0.05) is 113 Å². The highest BCUT2D eigenvalue weighted by Crippen LogP contribution is 2.23. The maximum Gasteiger partial charge on any atom is 0.0716 e. The van der Waals surface area contributed by atoms with E-state index in [9.17, 15) is 5.11 Å². The van der Waals surface area contributed by atoms with Crippen LogP contribution < -0.4 is 0 Å². The Morgan fingerprint density at radius 3 is 1.32 bits per heavy atom. The molecule has 1 N–H and O–H groups in total. The number of hydrogen-bond acceptors (Lipinski definition) is 1. The fourth-order valence-electron chi connectivity index (χ4n) is 2.87. The summed E-state index contributed by atoms with van der Waals surface area (Å²) < 4.78 is 0. The van der Waals surface area contributed by atoms with Crippen LogP contribution in [0.1, 0.15) is 117 Å². The SMILES string of the molecule is CCCCCCCCCCCCCCCCC(Br)C(C)(C)O. The highest BCUT2D eigenvalue weighted by atomic mass is 79.9. The van der Waals surface area contributed by atoms with Gasteiger partial charge in [0.15, 0.2) is 0 Å². The molecule has 0 aliphatic rings. The Balaban J connectivity index is 3.12. The summed E-state index contributed by atoms with van der Waals surface area (Å²) in [6.07, 6.45) is 20.7. The fourth-order valence-corrected chi connectivity index (χ4v) is 3.20. The summed E-state index contributed by atoms with van der Waals surface area (Å²) in [6.45, 7) is 6.05. The number of alkyl halides is 1. The Hall–Kier alpha value is 0.440. The molecule has 0 aliphatic carbocycles. The van der Waals surface area contributed by atoms with E-state index < -0.39 is 5.60 Å². The number of aliphatic hydroxyl groups is 1. The molecule has 0 aliphatic heterocycles. The second-order valence-corrected chi connectivity index (χ2v) is 8.61. The van der Waals surface area contributed by atoms with E-state index in [-0.39, 0.29) is 4.83 Å². The van der Waals surface area contributed by atoms with Crippen molar-refractivity contribution in [2.24, 2.45) is 0 Å². The molecule has 0 aromatic heterocycles. The van der Waals surface area contributed by atoms with Crippen LogP contribution in [0.3, 0.4) is 0 Å². The summed E-state index contributed by atoms with van der Waals surface area (Å²) in [5.41, 5.74) is -0.587. The molecule has 0 aromatic carbocycles. The van der Waals surface area contributed by atoms with Gasteiger partial charge in [0.05, 0.1) is 5.60 Å². The van der Waals surface area contributed by atoms with Crippen LogP contribution in [0.25, 0.3) is 0 Å². The first-order chi connectivity index (χ1) is 10.5. The van der Waals surface area contributed by atoms with Crippen LogP contribution in [0, 0.1) is 0 Å². The normalized spacial score (nSPS) is 13.5. The summed E-state index contributed by atoms with van der Waals surface area (Å²) >= 11 is 3.59. The molecule has 0 amide bonds. The zero-order valence-corrected chi connectivity index (χ0v) is 17.1. The number of unbranched alkanes of at least 4 members (excludes halogenated alkanes) is 13. The maximum absolute atomic E-state index is 9.84. The van der Waals surface area contributed by atoms with Gasteiger partial charge in [0.25, 0.3) is 0 Å². The van der Waals surface area contributed by atoms with E-state index in [1.807, 2.05) is 13.8 Å². The Morgan fingerprint density at radius 1 is 0.682 bits per heavy atom. The van der Waals surface area contributed by atoms with E-state index in [0.717, 1.165) is 6.42 Å². The van der Waals surface area contributed by atoms with Crippen molar-refractivity contribution in [3.63, 3.8) is 0 Å². The highest BCUT2D eigenvalue weighted by molar-refractivity contribution is 9.09. The van der Waals surface area contributed by atoms with Gasteiger partial charge in [0.2, 0.25) is 0 Å². The van der Waals surface area contributed by atoms with Crippen LogP contribution in [0.5, 0.6) is 0 Å². The van der Waals surface area contributed by atoms with Gasteiger partial charge in [0.1, 0.15) is 0 Å². The van der Waals surface area contributed by atoms with Crippen molar-refractivity contribution in [1.29, 1.82) is 0 Å². The summed E-state index contributed by atoms with van der Waals surface area (Å²) in [7, 11) is 0. The highest BCUT2D eigenvalue weighted by Gasteiger charge is 2.22. The average molecular weight is 377 g/mol. The Labute approximate surface area is 148 Å². The summed E-state index contributed by atoms with van der Waals surface area (Å²) in [5, 5.41) is 9.84. The smallest absolute Gasteiger partial charge is 0.0716 e. The average Bonchev–Trinajstić information content (AvgIpc) is 2.46. The molecule has 0 heterocycles. The van der Waals surface area contributed by atoms with Crippen LogP contribution in [0.15, 0.2) is 0 Å². The lowest BCUT2D eigenvalue weighted by Gasteiger charge is -2.23. The first-order valence-electron chi connectivity index (χ1n) is 9.85. The maximum atomic E-state index is 9.84. The molecule has 1 unspecified atom stereocenters. The zero-order valence-electron chi connectivity index (χ0n) is 15.5. The summed E-state index contributed by atoms with van der Waals surface area (Å²) in [6, 6.07) is 0. The van der Waals surface area contributed by atoms with Crippen molar-refractivity contribution in [2.75, 3.05) is 0 Å². The van der Waals surface area contributed by atoms with Crippen LogP contribution in [0.2, 0.25) is 0 Å². The molecule has 0 aromatic rings. The third-order valence-corrected chi connectivity index (χ3v) is 6.16. The predicted octanol–water partition coefficient (Wildman–Crippen LogP) is 7.39. The van der Waals surface area contributed by atoms with Crippen LogP contribution in [0.4, 0.5) is 0 Å². The predicted molar refractivity (Wildman–Crippen MR) is 104 cm³/mol. The third kappa shape index (κ3) is 15.3. The van der Waals surface area contributed by atoms with Crippen molar-refractivity contribution < 1.29 is 5.11 Å². The molecule has 0 saturated carbocycles. The molecule has 1 nitrogen and oxygen atoms in total. The molecule has 0 saturated heterocycles. The molecule has 0 radical (unpaired) electrons. The lowest BCUT2D eigenvalue weighted by Crippen LogP contribution is -2.31. The van der Waals surface area contributed by atoms with Gasteiger partial charge in [-0.05, 0) is 20.3 Å². The van der Waals surface area contributed by atoms with Gasteiger partial charge in [-0.2, -0.15) is 0 Å². The van der Waals surface area contributed by atoms with Gasteiger partial charge in [-0.3, -0.25) is 0 Å². The second kappa shape index (κ2) is 15.0. The minimum Gasteiger partial charge on any atom is -0.389 e. The first kappa shape index (κ1) is 22.4. The minimum atomic E-state index is -0.587. The van der Waals surface area contributed by atoms with Crippen molar-refractivity contribution >= 4 is 15.9 Å². The lowest BCUT2D eigenvalue weighted by atomic mass is 9.99. The Morgan fingerprint density at radius 2 is 1.00 bits per heavy atom. The quantitative estimate of drug-likeness (QED) is 0.220. The monoisotopic (exact) mass is 376 g/mol. The van der Waals surface area contributed by atoms with E-state index >= 15 is 0 Å². The molecular formula is C20H41BrO. The van der Waals surface area contributed by atoms with Crippen LogP contribution >= 0.6 is 15.9 Å². The molecular weight excluding hydrogens is 336 g/mol. The number of rotatable bonds is 16. The number of halogens is 1. The molecule has 0 fully saturated rings. The van der Waals surface area contributed by atoms with E-state index in [1.54, 1.807) is 0 Å². The largest absolute Gasteiger partial charge is 0.389 e. The summed E-state index contributed by atoms with van der Waals surface area (Å²) in [4.78, 5) is 0.234. The van der Waals surface area contributed by atoms with Gasteiger partial charge in [-0.25, -0.2) is 0 Å². The van der Waals surface area contributed by atoms with E-state index in [1.165, 1.54) is 89.9 Å². The van der Waals surface area contributed by atoms with Crippen LogP contribution in [-0.2, 0) is 0 Å². The molecule has 1 atom stereocenters. The van der Waals surface area contributed by atoms with Crippen molar-refractivity contribution in [3.05, 3.63) is 0 Å². The second-order valence-electron chi connectivity index (χ2n) is 7.51. The molecule has 22 heavy (non-hydrogen) atoms. The van der Waals surface area contributed by atoms with Gasteiger partial charge in [0, 0.05) is 4.83 Å². The lowest BCUT2D eigenvalue weighted by molar-refractivity contribution is 0.0766. The van der Waals surface area contributed by atoms with Gasteiger partial charge < -0.3 is 5.11 Å². The van der Waals surface area contributed by atoms with E-state index in [2.05, 4.69) is 22.9 Å². The van der Waals surface area contributed by atoms with Gasteiger partial charge in [-0.15, -0.1) is 0 Å². The van der Waals surface area contributed by atoms with Crippen LogP contribution in [-0.4, -0.2) is 15.5 Å². The minimum absolute atomic E-state index is 0.234. The molecule has 2 heteroatoms. The van der Waals surface area contributed by atoms with E-state index in [4.69, 9.17) is 0 Å². The first-order valence-corrected chi connectivity index (χ1v) is 10.8. The standard InChI is InChI=1S/C20H41BrO/c1-4-5-6-7-8-9-10-11-12-13-14-15-16-17-18-19(21)20(2,3)22/h19,22H,4-18H2,1-3H3. The third-order valence-electron chi connectivity index (χ3n) is 4.58. The molecule has 134 valence electrons. The fraction of sp³-hybridized carbons (Fsp3) is 1.00. The zero-order chi connectivity index (χ0) is 16.7. The Bertz CT molecular complexity index is 222. The van der Waals surface area contributed by atoms with Crippen molar-refractivity contribution in [1.82, 2.24) is 0 Å². The van der Waals surface area contributed by atoms with Crippen molar-refractivity contribution in [3.8, 4) is 0 Å². The number of hydrogen-bond donors (Lipinski definition) is 1. The topological polar surface area (TPSA) is 20.2 Å². The molecule has 0 rings (SSSR count). The Kier molecular flexibility index (Phi) is 15.3.